The number of benzene rings is 3. The summed E-state index contributed by atoms with van der Waals surface area (Å²) in [5.74, 6) is 1.08. The first-order valence-corrected chi connectivity index (χ1v) is 10.8. The van der Waals surface area contributed by atoms with Gasteiger partial charge >= 0.3 is 0 Å². The molecule has 36 heavy (non-hydrogen) atoms. The van der Waals surface area contributed by atoms with E-state index < -0.39 is 11.8 Å². The summed E-state index contributed by atoms with van der Waals surface area (Å²) in [5, 5.41) is 6.68. The molecule has 0 atom stereocenters. The van der Waals surface area contributed by atoms with E-state index >= 15 is 0 Å². The fraction of sp³-hybridized carbons (Fsp3) is 0.148. The van der Waals surface area contributed by atoms with Crippen LogP contribution >= 0.6 is 0 Å². The van der Waals surface area contributed by atoms with E-state index in [9.17, 15) is 9.59 Å². The highest BCUT2D eigenvalue weighted by Crippen LogP contribution is 2.28. The summed E-state index contributed by atoms with van der Waals surface area (Å²) in [4.78, 5) is 25.8. The largest absolute Gasteiger partial charge is 0.497 e. The standard InChI is InChI=1S/C27H27N3O6/c1-33-21-12-11-20(24(16-21)35-3)17-28-30-27(32)22(29-26(31)19-8-6-5-7-9-19)14-18-10-13-23(34-2)25(15-18)36-4/h5-17H,1-4H3,(H,29,31)(H,30,32)/b22-14+,28-17+. The van der Waals surface area contributed by atoms with Gasteiger partial charge in [0.25, 0.3) is 11.8 Å². The molecule has 0 aliphatic rings. The van der Waals surface area contributed by atoms with Crippen LogP contribution in [0.25, 0.3) is 6.08 Å². The van der Waals surface area contributed by atoms with Crippen LogP contribution < -0.4 is 29.7 Å². The van der Waals surface area contributed by atoms with Crippen molar-refractivity contribution in [1.82, 2.24) is 10.7 Å². The van der Waals surface area contributed by atoms with Crippen LogP contribution in [0.3, 0.4) is 0 Å². The molecule has 9 nitrogen and oxygen atoms in total. The van der Waals surface area contributed by atoms with Crippen molar-refractivity contribution < 1.29 is 28.5 Å². The first kappa shape index (κ1) is 25.8. The Labute approximate surface area is 209 Å². The molecule has 0 aliphatic carbocycles. The molecule has 0 radical (unpaired) electrons. The van der Waals surface area contributed by atoms with Gasteiger partial charge in [0.2, 0.25) is 0 Å². The van der Waals surface area contributed by atoms with E-state index in [1.165, 1.54) is 33.6 Å². The molecule has 3 aromatic rings. The van der Waals surface area contributed by atoms with Gasteiger partial charge in [-0.15, -0.1) is 0 Å². The average Bonchev–Trinajstić information content (AvgIpc) is 2.92. The fourth-order valence-electron chi connectivity index (χ4n) is 3.20. The maximum atomic E-state index is 13.0. The monoisotopic (exact) mass is 489 g/mol. The van der Waals surface area contributed by atoms with E-state index in [2.05, 4.69) is 15.8 Å². The Morgan fingerprint density at radius 1 is 0.778 bits per heavy atom. The van der Waals surface area contributed by atoms with Crippen LogP contribution in [0.2, 0.25) is 0 Å². The molecule has 0 aromatic heterocycles. The smallest absolute Gasteiger partial charge is 0.287 e. The Morgan fingerprint density at radius 2 is 1.50 bits per heavy atom. The number of rotatable bonds is 10. The van der Waals surface area contributed by atoms with E-state index in [1.807, 2.05) is 0 Å². The second kappa shape index (κ2) is 12.6. The molecule has 3 rings (SSSR count). The normalized spacial score (nSPS) is 11.1. The van der Waals surface area contributed by atoms with Crippen LogP contribution in [-0.4, -0.2) is 46.5 Å². The molecule has 186 valence electrons. The lowest BCUT2D eigenvalue weighted by molar-refractivity contribution is -0.117. The number of hydrazone groups is 1. The molecular weight excluding hydrogens is 462 g/mol. The van der Waals surface area contributed by atoms with Crippen molar-refractivity contribution in [1.29, 1.82) is 0 Å². The van der Waals surface area contributed by atoms with Crippen LogP contribution in [0.4, 0.5) is 0 Å². The third-order valence-corrected chi connectivity index (χ3v) is 5.06. The van der Waals surface area contributed by atoms with Crippen molar-refractivity contribution in [3.8, 4) is 23.0 Å². The number of hydrogen-bond acceptors (Lipinski definition) is 7. The minimum Gasteiger partial charge on any atom is -0.497 e. The molecular formula is C27H27N3O6. The van der Waals surface area contributed by atoms with E-state index in [0.717, 1.165) is 0 Å². The van der Waals surface area contributed by atoms with Gasteiger partial charge in [-0.05, 0) is 48.0 Å². The number of amides is 2. The first-order chi connectivity index (χ1) is 17.5. The lowest BCUT2D eigenvalue weighted by atomic mass is 10.1. The van der Waals surface area contributed by atoms with E-state index in [4.69, 9.17) is 18.9 Å². The number of methoxy groups -OCH3 is 4. The Bertz CT molecular complexity index is 1270. The van der Waals surface area contributed by atoms with Crippen molar-refractivity contribution in [2.45, 2.75) is 0 Å². The second-order valence-electron chi connectivity index (χ2n) is 7.30. The molecule has 0 unspecified atom stereocenters. The molecule has 2 amide bonds. The molecule has 2 N–H and O–H groups in total. The summed E-state index contributed by atoms with van der Waals surface area (Å²) in [6.45, 7) is 0. The van der Waals surface area contributed by atoms with Gasteiger partial charge in [0.05, 0.1) is 34.7 Å². The number of nitrogens with one attached hydrogen (secondary N) is 2. The Kier molecular flexibility index (Phi) is 9.05. The van der Waals surface area contributed by atoms with Crippen molar-refractivity contribution in [2.75, 3.05) is 28.4 Å². The number of ether oxygens (including phenoxy) is 4. The summed E-state index contributed by atoms with van der Waals surface area (Å²) >= 11 is 0. The lowest BCUT2D eigenvalue weighted by Crippen LogP contribution is -2.32. The van der Waals surface area contributed by atoms with Gasteiger partial charge in [0.15, 0.2) is 11.5 Å². The highest BCUT2D eigenvalue weighted by molar-refractivity contribution is 6.05. The van der Waals surface area contributed by atoms with E-state index in [1.54, 1.807) is 73.8 Å². The predicted molar refractivity (Wildman–Crippen MR) is 137 cm³/mol. The summed E-state index contributed by atoms with van der Waals surface area (Å²) in [7, 11) is 6.12. The van der Waals surface area contributed by atoms with Crippen molar-refractivity contribution in [3.63, 3.8) is 0 Å². The predicted octanol–water partition coefficient (Wildman–Crippen LogP) is 3.64. The lowest BCUT2D eigenvalue weighted by Gasteiger charge is -2.11. The maximum absolute atomic E-state index is 13.0. The quantitative estimate of drug-likeness (QED) is 0.256. The van der Waals surface area contributed by atoms with E-state index in [-0.39, 0.29) is 5.70 Å². The Morgan fingerprint density at radius 3 is 2.17 bits per heavy atom. The van der Waals surface area contributed by atoms with Gasteiger partial charge in [-0.3, -0.25) is 9.59 Å². The third-order valence-electron chi connectivity index (χ3n) is 5.06. The SMILES string of the molecule is COc1ccc(/C=N/NC(=O)/C(=C\c2ccc(OC)c(OC)c2)NC(=O)c2ccccc2)c(OC)c1. The molecule has 9 heteroatoms. The molecule has 0 aliphatic heterocycles. The summed E-state index contributed by atoms with van der Waals surface area (Å²) in [6.07, 6.45) is 2.95. The summed E-state index contributed by atoms with van der Waals surface area (Å²) < 4.78 is 21.1. The number of carbonyl (C=O) groups is 2. The number of nitrogens with zero attached hydrogens (tertiary/aromatic N) is 1. The third kappa shape index (κ3) is 6.63. The Balaban J connectivity index is 1.87. The molecule has 0 spiro atoms. The minimum absolute atomic E-state index is 0.0186. The fourth-order valence-corrected chi connectivity index (χ4v) is 3.20. The molecule has 0 saturated heterocycles. The summed E-state index contributed by atoms with van der Waals surface area (Å²) in [6, 6.07) is 18.9. The van der Waals surface area contributed by atoms with Crippen molar-refractivity contribution in [2.24, 2.45) is 5.10 Å². The van der Waals surface area contributed by atoms with Crippen molar-refractivity contribution in [3.05, 3.63) is 89.1 Å². The highest BCUT2D eigenvalue weighted by Gasteiger charge is 2.15. The maximum Gasteiger partial charge on any atom is 0.287 e. The van der Waals surface area contributed by atoms with Gasteiger partial charge < -0.3 is 24.3 Å². The zero-order chi connectivity index (χ0) is 25.9. The first-order valence-electron chi connectivity index (χ1n) is 10.8. The van der Waals surface area contributed by atoms with Gasteiger partial charge in [0.1, 0.15) is 17.2 Å². The molecule has 0 bridgehead atoms. The Hall–Kier alpha value is -4.79. The van der Waals surface area contributed by atoms with Crippen LogP contribution in [-0.2, 0) is 4.79 Å². The van der Waals surface area contributed by atoms with Crippen LogP contribution in [0, 0.1) is 0 Å². The zero-order valence-electron chi connectivity index (χ0n) is 20.4. The molecule has 0 fully saturated rings. The number of carbonyl (C=O) groups excluding carboxylic acids is 2. The van der Waals surface area contributed by atoms with Crippen LogP contribution in [0.1, 0.15) is 21.5 Å². The molecule has 0 saturated carbocycles. The van der Waals surface area contributed by atoms with Gasteiger partial charge in [-0.25, -0.2) is 5.43 Å². The average molecular weight is 490 g/mol. The van der Waals surface area contributed by atoms with Gasteiger partial charge in [-0.1, -0.05) is 24.3 Å². The number of hydrogen-bond donors (Lipinski definition) is 2. The second-order valence-corrected chi connectivity index (χ2v) is 7.30. The van der Waals surface area contributed by atoms with E-state index in [0.29, 0.717) is 39.7 Å². The molecule has 0 heterocycles. The van der Waals surface area contributed by atoms with Crippen LogP contribution in [0.15, 0.2) is 77.5 Å². The van der Waals surface area contributed by atoms with Crippen molar-refractivity contribution >= 4 is 24.1 Å². The minimum atomic E-state index is -0.627. The van der Waals surface area contributed by atoms with Crippen LogP contribution in [0.5, 0.6) is 23.0 Å². The topological polar surface area (TPSA) is 107 Å². The highest BCUT2D eigenvalue weighted by atomic mass is 16.5. The van der Waals surface area contributed by atoms with Gasteiger partial charge in [-0.2, -0.15) is 5.10 Å². The molecule has 3 aromatic carbocycles. The zero-order valence-corrected chi connectivity index (χ0v) is 20.4. The summed E-state index contributed by atoms with van der Waals surface area (Å²) in [5.41, 5.74) is 4.05. The van der Waals surface area contributed by atoms with Gasteiger partial charge in [0, 0.05) is 17.2 Å².